The molecule has 0 fully saturated rings. The van der Waals surface area contributed by atoms with Crippen LogP contribution in [-0.4, -0.2) is 27.9 Å². The first-order valence-corrected chi connectivity index (χ1v) is 5.70. The van der Waals surface area contributed by atoms with Gasteiger partial charge in [0.2, 0.25) is 0 Å². The lowest BCUT2D eigenvalue weighted by molar-refractivity contribution is -0.137. The van der Waals surface area contributed by atoms with Crippen molar-refractivity contribution < 1.29 is 9.90 Å². The summed E-state index contributed by atoms with van der Waals surface area (Å²) in [5.41, 5.74) is 6.65. The number of carboxylic acid groups (broad SMARTS) is 1. The van der Waals surface area contributed by atoms with Crippen molar-refractivity contribution in [3.63, 3.8) is 0 Å². The second kappa shape index (κ2) is 6.10. The minimum atomic E-state index is -1.00. The molecule has 1 rings (SSSR count). The largest absolute Gasteiger partial charge is 0.480 e. The second-order valence-corrected chi connectivity index (χ2v) is 4.15. The molecule has 16 heavy (non-hydrogen) atoms. The molecule has 0 amide bonds. The molecule has 0 aliphatic heterocycles. The number of nitrogens with zero attached hydrogens (tertiary/aromatic N) is 2. The molecule has 0 saturated heterocycles. The summed E-state index contributed by atoms with van der Waals surface area (Å²) in [6, 6.07) is 4.57. The van der Waals surface area contributed by atoms with E-state index in [2.05, 4.69) is 4.98 Å². The first-order valence-electron chi connectivity index (χ1n) is 4.54. The number of rotatable bonds is 5. The lowest BCUT2D eigenvalue weighted by atomic mass is 10.2. The van der Waals surface area contributed by atoms with Crippen molar-refractivity contribution in [1.82, 2.24) is 4.98 Å². The fourth-order valence-corrected chi connectivity index (χ4v) is 1.93. The first kappa shape index (κ1) is 12.5. The van der Waals surface area contributed by atoms with E-state index < -0.39 is 12.0 Å². The van der Waals surface area contributed by atoms with E-state index in [1.807, 2.05) is 6.07 Å². The van der Waals surface area contributed by atoms with Crippen LogP contribution in [0.4, 0.5) is 0 Å². The third kappa shape index (κ3) is 3.88. The highest BCUT2D eigenvalue weighted by Crippen LogP contribution is 2.12. The van der Waals surface area contributed by atoms with E-state index in [0.29, 0.717) is 17.2 Å². The minimum Gasteiger partial charge on any atom is -0.480 e. The maximum Gasteiger partial charge on any atom is 0.321 e. The maximum absolute atomic E-state index is 10.5. The molecule has 0 unspecified atom stereocenters. The van der Waals surface area contributed by atoms with Crippen molar-refractivity contribution in [2.24, 2.45) is 5.73 Å². The third-order valence-corrected chi connectivity index (χ3v) is 2.95. The normalized spacial score (nSPS) is 11.8. The van der Waals surface area contributed by atoms with Gasteiger partial charge in [0, 0.05) is 17.7 Å². The van der Waals surface area contributed by atoms with E-state index in [0.717, 1.165) is 5.56 Å². The molecule has 1 aromatic rings. The first-order chi connectivity index (χ1) is 7.63. The molecular formula is C10H11N3O2S. The number of thioether (sulfide) groups is 1. The Morgan fingerprint density at radius 3 is 3.12 bits per heavy atom. The van der Waals surface area contributed by atoms with Crippen LogP contribution in [0.1, 0.15) is 11.3 Å². The van der Waals surface area contributed by atoms with Gasteiger partial charge in [-0.25, -0.2) is 4.98 Å². The molecule has 5 nitrogen and oxygen atoms in total. The smallest absolute Gasteiger partial charge is 0.321 e. The van der Waals surface area contributed by atoms with Crippen LogP contribution in [0.2, 0.25) is 0 Å². The number of carboxylic acids is 1. The minimum absolute atomic E-state index is 0.347. The summed E-state index contributed by atoms with van der Waals surface area (Å²) in [6.07, 6.45) is 1.56. The predicted octanol–water partition coefficient (Wildman–Crippen LogP) is 0.598. The molecule has 0 radical (unpaired) electrons. The highest BCUT2D eigenvalue weighted by atomic mass is 32.2. The Kier molecular flexibility index (Phi) is 4.76. The van der Waals surface area contributed by atoms with Crippen LogP contribution >= 0.6 is 11.8 Å². The van der Waals surface area contributed by atoms with Crippen LogP contribution in [0.25, 0.3) is 0 Å². The van der Waals surface area contributed by atoms with Crippen molar-refractivity contribution in [3.05, 3.63) is 29.6 Å². The summed E-state index contributed by atoms with van der Waals surface area (Å²) < 4.78 is 0. The third-order valence-electron chi connectivity index (χ3n) is 1.82. The van der Waals surface area contributed by atoms with Crippen LogP contribution in [-0.2, 0) is 10.5 Å². The Morgan fingerprint density at radius 2 is 2.50 bits per heavy atom. The van der Waals surface area contributed by atoms with Gasteiger partial charge < -0.3 is 10.8 Å². The van der Waals surface area contributed by atoms with Gasteiger partial charge in [-0.05, 0) is 17.7 Å². The Hall–Kier alpha value is -1.58. The lowest BCUT2D eigenvalue weighted by Gasteiger charge is -2.05. The molecular weight excluding hydrogens is 226 g/mol. The summed E-state index contributed by atoms with van der Waals surface area (Å²) in [7, 11) is 0. The summed E-state index contributed by atoms with van der Waals surface area (Å²) in [5, 5.41) is 17.2. The molecule has 0 aliphatic rings. The van der Waals surface area contributed by atoms with Gasteiger partial charge in [-0.1, -0.05) is 0 Å². The zero-order valence-corrected chi connectivity index (χ0v) is 9.28. The number of carbonyl (C=O) groups is 1. The molecule has 0 aromatic carbocycles. The summed E-state index contributed by atoms with van der Waals surface area (Å²) >= 11 is 1.42. The highest BCUT2D eigenvalue weighted by molar-refractivity contribution is 7.98. The van der Waals surface area contributed by atoms with Gasteiger partial charge in [-0.2, -0.15) is 17.0 Å². The number of aliphatic carboxylic acids is 1. The van der Waals surface area contributed by atoms with Crippen LogP contribution in [0.5, 0.6) is 0 Å². The molecule has 84 valence electrons. The van der Waals surface area contributed by atoms with E-state index in [9.17, 15) is 4.79 Å². The van der Waals surface area contributed by atoms with Crippen molar-refractivity contribution in [3.8, 4) is 6.07 Å². The number of pyridine rings is 1. The standard InChI is InChI=1S/C10H11N3O2S/c11-4-8-3-7(1-2-13-8)5-16-6-9(12)10(14)15/h1-3,9H,5-6,12H2,(H,14,15)/t9-/m1/s1. The Labute approximate surface area is 97.3 Å². The van der Waals surface area contributed by atoms with Crippen LogP contribution in [0.15, 0.2) is 18.3 Å². The summed E-state index contributed by atoms with van der Waals surface area (Å²) in [4.78, 5) is 14.3. The van der Waals surface area contributed by atoms with E-state index in [1.165, 1.54) is 11.8 Å². The van der Waals surface area contributed by atoms with Gasteiger partial charge in [0.25, 0.3) is 0 Å². The Balaban J connectivity index is 2.43. The summed E-state index contributed by atoms with van der Waals surface area (Å²) in [5.74, 6) is -0.0301. The van der Waals surface area contributed by atoms with Crippen molar-refractivity contribution in [2.45, 2.75) is 11.8 Å². The quantitative estimate of drug-likeness (QED) is 0.777. The number of nitriles is 1. The fourth-order valence-electron chi connectivity index (χ4n) is 1.00. The Morgan fingerprint density at radius 1 is 1.75 bits per heavy atom. The number of hydrogen-bond donors (Lipinski definition) is 2. The number of hydrogen-bond acceptors (Lipinski definition) is 5. The van der Waals surface area contributed by atoms with Crippen LogP contribution in [0, 0.1) is 11.3 Å². The van der Waals surface area contributed by atoms with Gasteiger partial charge >= 0.3 is 5.97 Å². The Bertz CT molecular complexity index is 417. The van der Waals surface area contributed by atoms with Gasteiger partial charge in [-0.3, -0.25) is 4.79 Å². The molecule has 3 N–H and O–H groups in total. The monoisotopic (exact) mass is 237 g/mol. The molecule has 1 atom stereocenters. The molecule has 0 spiro atoms. The van der Waals surface area contributed by atoms with Crippen molar-refractivity contribution >= 4 is 17.7 Å². The zero-order valence-electron chi connectivity index (χ0n) is 8.46. The zero-order chi connectivity index (χ0) is 12.0. The van der Waals surface area contributed by atoms with Crippen molar-refractivity contribution in [2.75, 3.05) is 5.75 Å². The van der Waals surface area contributed by atoms with Gasteiger partial charge in [-0.15, -0.1) is 0 Å². The molecule has 0 aliphatic carbocycles. The molecule has 1 aromatic heterocycles. The second-order valence-electron chi connectivity index (χ2n) is 3.12. The number of nitrogens with two attached hydrogens (primary N) is 1. The average Bonchev–Trinajstić information content (AvgIpc) is 2.29. The molecule has 6 heteroatoms. The van der Waals surface area contributed by atoms with Gasteiger partial charge in [0.1, 0.15) is 17.8 Å². The molecule has 0 bridgehead atoms. The predicted molar refractivity (Wildman–Crippen MR) is 60.7 cm³/mol. The van der Waals surface area contributed by atoms with Gasteiger partial charge in [0.15, 0.2) is 0 Å². The number of aromatic nitrogens is 1. The molecule has 0 saturated carbocycles. The van der Waals surface area contributed by atoms with E-state index in [-0.39, 0.29) is 0 Å². The average molecular weight is 237 g/mol. The van der Waals surface area contributed by atoms with Crippen molar-refractivity contribution in [1.29, 1.82) is 5.26 Å². The lowest BCUT2D eigenvalue weighted by Crippen LogP contribution is -2.32. The van der Waals surface area contributed by atoms with Gasteiger partial charge in [0.05, 0.1) is 0 Å². The van der Waals surface area contributed by atoms with E-state index >= 15 is 0 Å². The van der Waals surface area contributed by atoms with E-state index in [1.54, 1.807) is 18.3 Å². The molecule has 1 heterocycles. The highest BCUT2D eigenvalue weighted by Gasteiger charge is 2.10. The topological polar surface area (TPSA) is 100 Å². The fraction of sp³-hybridized carbons (Fsp3) is 0.300. The van der Waals surface area contributed by atoms with Crippen LogP contribution < -0.4 is 5.73 Å². The van der Waals surface area contributed by atoms with Crippen LogP contribution in [0.3, 0.4) is 0 Å². The van der Waals surface area contributed by atoms with E-state index in [4.69, 9.17) is 16.1 Å². The SMILES string of the molecule is N#Cc1cc(CSC[C@@H](N)C(=O)O)ccn1. The summed E-state index contributed by atoms with van der Waals surface area (Å²) in [6.45, 7) is 0. The maximum atomic E-state index is 10.5.